The molecule has 5 heteroatoms. The third kappa shape index (κ3) is 2.15. The van der Waals surface area contributed by atoms with Gasteiger partial charge in [-0.3, -0.25) is 4.79 Å². The smallest absolute Gasteiger partial charge is 0.257 e. The highest BCUT2D eigenvalue weighted by Crippen LogP contribution is 2.36. The van der Waals surface area contributed by atoms with Crippen LogP contribution < -0.4 is 5.32 Å². The molecule has 1 aromatic rings. The third-order valence-corrected chi connectivity index (χ3v) is 4.15. The maximum atomic E-state index is 12.3. The van der Waals surface area contributed by atoms with Crippen LogP contribution in [0.2, 0.25) is 0 Å². The zero-order valence-corrected chi connectivity index (χ0v) is 11.4. The van der Waals surface area contributed by atoms with E-state index in [1.54, 1.807) is 12.3 Å². The van der Waals surface area contributed by atoms with E-state index in [9.17, 15) is 4.79 Å². The van der Waals surface area contributed by atoms with Crippen molar-refractivity contribution < 1.29 is 9.21 Å². The van der Waals surface area contributed by atoms with Crippen molar-refractivity contribution in [1.82, 2.24) is 10.2 Å². The minimum Gasteiger partial charge on any atom is -0.469 e. The Morgan fingerprint density at radius 3 is 2.94 bits per heavy atom. The van der Waals surface area contributed by atoms with E-state index in [-0.39, 0.29) is 18.3 Å². The van der Waals surface area contributed by atoms with E-state index in [4.69, 9.17) is 4.42 Å². The largest absolute Gasteiger partial charge is 0.469 e. The van der Waals surface area contributed by atoms with Gasteiger partial charge in [-0.05, 0) is 32.4 Å². The second-order valence-electron chi connectivity index (χ2n) is 5.29. The molecule has 0 saturated carbocycles. The van der Waals surface area contributed by atoms with Gasteiger partial charge in [-0.2, -0.15) is 0 Å². The minimum atomic E-state index is 0. The topological polar surface area (TPSA) is 45.5 Å². The van der Waals surface area contributed by atoms with Gasteiger partial charge in [0, 0.05) is 25.0 Å². The zero-order chi connectivity index (χ0) is 11.9. The molecule has 1 spiro atoms. The Labute approximate surface area is 113 Å². The van der Waals surface area contributed by atoms with Crippen LogP contribution >= 0.6 is 12.4 Å². The van der Waals surface area contributed by atoms with Crippen molar-refractivity contribution in [3.8, 4) is 0 Å². The van der Waals surface area contributed by atoms with Gasteiger partial charge in [0.05, 0.1) is 11.8 Å². The molecule has 0 radical (unpaired) electrons. The minimum absolute atomic E-state index is 0. The number of hydrogen-bond donors (Lipinski definition) is 1. The van der Waals surface area contributed by atoms with Crippen molar-refractivity contribution >= 4 is 18.3 Å². The van der Waals surface area contributed by atoms with E-state index >= 15 is 0 Å². The third-order valence-electron chi connectivity index (χ3n) is 4.15. The summed E-state index contributed by atoms with van der Waals surface area (Å²) in [7, 11) is 0. The second-order valence-corrected chi connectivity index (χ2v) is 5.29. The predicted octanol–water partition coefficient (Wildman–Crippen LogP) is 1.84. The van der Waals surface area contributed by atoms with Crippen LogP contribution in [0.5, 0.6) is 0 Å². The van der Waals surface area contributed by atoms with Gasteiger partial charge in [0.25, 0.3) is 5.91 Å². The first-order valence-electron chi connectivity index (χ1n) is 6.24. The Balaban J connectivity index is 0.00000120. The van der Waals surface area contributed by atoms with Crippen molar-refractivity contribution in [3.05, 3.63) is 23.7 Å². The fourth-order valence-electron chi connectivity index (χ4n) is 3.03. The van der Waals surface area contributed by atoms with Crippen molar-refractivity contribution in [1.29, 1.82) is 0 Å². The van der Waals surface area contributed by atoms with Gasteiger partial charge in [-0.15, -0.1) is 12.4 Å². The second kappa shape index (κ2) is 4.94. The summed E-state index contributed by atoms with van der Waals surface area (Å²) in [4.78, 5) is 14.3. The quantitative estimate of drug-likeness (QED) is 0.847. The maximum absolute atomic E-state index is 12.3. The first-order chi connectivity index (χ1) is 8.20. The summed E-state index contributed by atoms with van der Waals surface area (Å²) in [6, 6.07) is 1.77. The number of nitrogens with zero attached hydrogens (tertiary/aromatic N) is 1. The number of hydrogen-bond acceptors (Lipinski definition) is 3. The van der Waals surface area contributed by atoms with Crippen LogP contribution in [0.15, 0.2) is 16.7 Å². The Morgan fingerprint density at radius 2 is 2.33 bits per heavy atom. The van der Waals surface area contributed by atoms with Crippen LogP contribution in [0, 0.1) is 12.3 Å². The number of halogens is 1. The molecular formula is C13H19ClN2O2. The lowest BCUT2D eigenvalue weighted by Gasteiger charge is -2.22. The van der Waals surface area contributed by atoms with Gasteiger partial charge in [-0.25, -0.2) is 0 Å². The molecule has 1 aromatic heterocycles. The summed E-state index contributed by atoms with van der Waals surface area (Å²) >= 11 is 0. The molecule has 1 N–H and O–H groups in total. The van der Waals surface area contributed by atoms with Crippen LogP contribution in [0.1, 0.15) is 29.0 Å². The van der Waals surface area contributed by atoms with Crippen LogP contribution in [0.25, 0.3) is 0 Å². The van der Waals surface area contributed by atoms with Gasteiger partial charge in [0.2, 0.25) is 0 Å². The molecular weight excluding hydrogens is 252 g/mol. The van der Waals surface area contributed by atoms with E-state index in [0.717, 1.165) is 38.4 Å². The molecule has 4 nitrogen and oxygen atoms in total. The summed E-state index contributed by atoms with van der Waals surface area (Å²) in [5.74, 6) is 0.848. The number of rotatable bonds is 1. The Morgan fingerprint density at radius 1 is 1.50 bits per heavy atom. The summed E-state index contributed by atoms with van der Waals surface area (Å²) in [5.41, 5.74) is 1.06. The molecule has 100 valence electrons. The number of likely N-dealkylation sites (tertiary alicyclic amines) is 1. The zero-order valence-electron chi connectivity index (χ0n) is 10.6. The average Bonchev–Trinajstić information content (AvgIpc) is 3.02. The Hall–Kier alpha value is -1.00. The van der Waals surface area contributed by atoms with Crippen molar-refractivity contribution in [2.45, 2.75) is 19.8 Å². The molecule has 2 fully saturated rings. The molecule has 2 aliphatic rings. The van der Waals surface area contributed by atoms with E-state index < -0.39 is 0 Å². The van der Waals surface area contributed by atoms with E-state index in [1.165, 1.54) is 6.42 Å². The van der Waals surface area contributed by atoms with Crippen molar-refractivity contribution in [2.24, 2.45) is 5.41 Å². The highest BCUT2D eigenvalue weighted by atomic mass is 35.5. The summed E-state index contributed by atoms with van der Waals surface area (Å²) in [6.07, 6.45) is 3.91. The lowest BCUT2D eigenvalue weighted by atomic mass is 9.86. The SMILES string of the molecule is Cc1occc1C(=O)N1CCC2(CCNC2)C1.Cl. The fraction of sp³-hybridized carbons (Fsp3) is 0.615. The molecule has 0 aliphatic carbocycles. The van der Waals surface area contributed by atoms with Crippen LogP contribution in [0.4, 0.5) is 0 Å². The Bertz CT molecular complexity index is 438. The first kappa shape index (κ1) is 13.4. The highest BCUT2D eigenvalue weighted by molar-refractivity contribution is 5.95. The maximum Gasteiger partial charge on any atom is 0.257 e. The van der Waals surface area contributed by atoms with Crippen LogP contribution in [0.3, 0.4) is 0 Å². The van der Waals surface area contributed by atoms with E-state index in [1.807, 2.05) is 11.8 Å². The molecule has 1 unspecified atom stereocenters. The number of aryl methyl sites for hydroxylation is 1. The molecule has 2 saturated heterocycles. The summed E-state index contributed by atoms with van der Waals surface area (Å²) < 4.78 is 5.20. The number of carbonyl (C=O) groups excluding carboxylic acids is 1. The number of amides is 1. The normalized spacial score (nSPS) is 26.6. The molecule has 2 aliphatic heterocycles. The van der Waals surface area contributed by atoms with Gasteiger partial charge in [0.1, 0.15) is 5.76 Å². The molecule has 0 aromatic carbocycles. The summed E-state index contributed by atoms with van der Waals surface area (Å²) in [5, 5.41) is 3.40. The van der Waals surface area contributed by atoms with Gasteiger partial charge < -0.3 is 14.6 Å². The summed E-state index contributed by atoms with van der Waals surface area (Å²) in [6.45, 7) is 5.76. The number of carbonyl (C=O) groups is 1. The first-order valence-corrected chi connectivity index (χ1v) is 6.24. The molecule has 0 bridgehead atoms. The average molecular weight is 271 g/mol. The molecule has 18 heavy (non-hydrogen) atoms. The standard InChI is InChI=1S/C13H18N2O2.ClH/c1-10-11(2-7-17-10)12(16)15-6-4-13(9-15)3-5-14-8-13;/h2,7,14H,3-6,8-9H2,1H3;1H. The lowest BCUT2D eigenvalue weighted by Crippen LogP contribution is -2.33. The lowest BCUT2D eigenvalue weighted by molar-refractivity contribution is 0.0774. The van der Waals surface area contributed by atoms with E-state index in [0.29, 0.717) is 11.0 Å². The molecule has 1 amide bonds. The van der Waals surface area contributed by atoms with Gasteiger partial charge in [0.15, 0.2) is 0 Å². The molecule has 1 atom stereocenters. The van der Waals surface area contributed by atoms with Crippen molar-refractivity contribution in [2.75, 3.05) is 26.2 Å². The van der Waals surface area contributed by atoms with Gasteiger partial charge in [-0.1, -0.05) is 0 Å². The predicted molar refractivity (Wildman–Crippen MR) is 71.1 cm³/mol. The number of nitrogens with one attached hydrogen (secondary N) is 1. The monoisotopic (exact) mass is 270 g/mol. The van der Waals surface area contributed by atoms with E-state index in [2.05, 4.69) is 5.32 Å². The fourth-order valence-corrected chi connectivity index (χ4v) is 3.03. The Kier molecular flexibility index (Phi) is 3.69. The van der Waals surface area contributed by atoms with Crippen molar-refractivity contribution in [3.63, 3.8) is 0 Å². The number of furan rings is 1. The molecule has 3 heterocycles. The molecule has 3 rings (SSSR count). The highest BCUT2D eigenvalue weighted by Gasteiger charge is 2.42. The van der Waals surface area contributed by atoms with Crippen LogP contribution in [-0.4, -0.2) is 37.0 Å². The van der Waals surface area contributed by atoms with Gasteiger partial charge >= 0.3 is 0 Å². The van der Waals surface area contributed by atoms with Crippen LogP contribution in [-0.2, 0) is 0 Å².